The van der Waals surface area contributed by atoms with Gasteiger partial charge < -0.3 is 23.8 Å². The molecular formula is C31H33ClN6O4. The van der Waals surface area contributed by atoms with Gasteiger partial charge in [0.05, 0.1) is 18.5 Å². The fourth-order valence-corrected chi connectivity index (χ4v) is 4.90. The lowest BCUT2D eigenvalue weighted by Gasteiger charge is -2.35. The molecule has 0 N–H and O–H groups in total. The average molecular weight is 589 g/mol. The lowest BCUT2D eigenvalue weighted by molar-refractivity contribution is -0.133. The minimum absolute atomic E-state index is 0.0338. The number of piperazine rings is 1. The molecule has 10 nitrogen and oxygen atoms in total. The Labute approximate surface area is 249 Å². The first-order valence-electron chi connectivity index (χ1n) is 13.7. The highest BCUT2D eigenvalue weighted by Crippen LogP contribution is 2.37. The first-order valence-corrected chi connectivity index (χ1v) is 14.0. The Morgan fingerprint density at radius 3 is 2.12 bits per heavy atom. The number of carbonyl (C=O) groups is 2. The van der Waals surface area contributed by atoms with Gasteiger partial charge in [0.15, 0.2) is 0 Å². The third kappa shape index (κ3) is 6.54. The van der Waals surface area contributed by atoms with Crippen LogP contribution in [0.1, 0.15) is 20.8 Å². The van der Waals surface area contributed by atoms with Crippen LogP contribution in [0.15, 0.2) is 67.1 Å². The highest BCUT2D eigenvalue weighted by molar-refractivity contribution is 6.30. The summed E-state index contributed by atoms with van der Waals surface area (Å²) in [4.78, 5) is 43.4. The molecule has 4 aromatic rings. The fraction of sp³-hybridized carbons (Fsp3) is 0.323. The molecule has 2 amide bonds. The lowest BCUT2D eigenvalue weighted by Crippen LogP contribution is -2.52. The second kappa shape index (κ2) is 12.2. The number of aromatic nitrogens is 4. The van der Waals surface area contributed by atoms with E-state index in [0.29, 0.717) is 48.6 Å². The molecule has 4 heterocycles. The highest BCUT2D eigenvalue weighted by atomic mass is 35.5. The molecule has 1 aromatic carbocycles. The van der Waals surface area contributed by atoms with E-state index < -0.39 is 5.60 Å². The molecule has 0 saturated carbocycles. The number of halogens is 1. The summed E-state index contributed by atoms with van der Waals surface area (Å²) in [5, 5.41) is 0.615. The van der Waals surface area contributed by atoms with Gasteiger partial charge in [-0.15, -0.1) is 0 Å². The van der Waals surface area contributed by atoms with Crippen LogP contribution in [0.25, 0.3) is 33.9 Å². The van der Waals surface area contributed by atoms with Gasteiger partial charge in [0.2, 0.25) is 11.8 Å². The third-order valence-electron chi connectivity index (χ3n) is 6.82. The van der Waals surface area contributed by atoms with Crippen molar-refractivity contribution in [2.24, 2.45) is 0 Å². The van der Waals surface area contributed by atoms with E-state index in [1.54, 1.807) is 41.6 Å². The second-order valence-electron chi connectivity index (χ2n) is 10.9. The Kier molecular flexibility index (Phi) is 8.44. The number of ether oxygens (including phenoxy) is 2. The van der Waals surface area contributed by atoms with E-state index in [0.717, 1.165) is 22.4 Å². The Hall–Kier alpha value is -4.44. The Morgan fingerprint density at radius 1 is 0.881 bits per heavy atom. The van der Waals surface area contributed by atoms with Gasteiger partial charge in [0.1, 0.15) is 18.0 Å². The van der Waals surface area contributed by atoms with Crippen LogP contribution in [0.3, 0.4) is 0 Å². The topological polar surface area (TPSA) is 103 Å². The molecule has 1 saturated heterocycles. The van der Waals surface area contributed by atoms with Crippen molar-refractivity contribution in [2.45, 2.75) is 32.9 Å². The van der Waals surface area contributed by atoms with Crippen molar-refractivity contribution >= 4 is 23.6 Å². The molecular weight excluding hydrogens is 556 g/mol. The van der Waals surface area contributed by atoms with Crippen molar-refractivity contribution in [2.75, 3.05) is 33.3 Å². The van der Waals surface area contributed by atoms with Gasteiger partial charge in [-0.25, -0.2) is 14.8 Å². The zero-order valence-electron chi connectivity index (χ0n) is 24.1. The van der Waals surface area contributed by atoms with Crippen LogP contribution in [-0.2, 0) is 16.1 Å². The minimum atomic E-state index is -0.580. The van der Waals surface area contributed by atoms with Crippen molar-refractivity contribution in [3.05, 3.63) is 72.1 Å². The molecule has 42 heavy (non-hydrogen) atoms. The predicted octanol–water partition coefficient (Wildman–Crippen LogP) is 5.42. The van der Waals surface area contributed by atoms with Crippen molar-refractivity contribution in [1.29, 1.82) is 0 Å². The van der Waals surface area contributed by atoms with E-state index in [4.69, 9.17) is 26.1 Å². The van der Waals surface area contributed by atoms with Gasteiger partial charge in [0.25, 0.3) is 0 Å². The van der Waals surface area contributed by atoms with Gasteiger partial charge >= 0.3 is 6.09 Å². The zero-order chi connectivity index (χ0) is 29.9. The van der Waals surface area contributed by atoms with Crippen LogP contribution >= 0.6 is 11.6 Å². The summed E-state index contributed by atoms with van der Waals surface area (Å²) in [6.45, 7) is 7.15. The van der Waals surface area contributed by atoms with E-state index in [2.05, 4.69) is 9.97 Å². The molecule has 3 aromatic heterocycles. The molecule has 1 aliphatic heterocycles. The number of carbonyl (C=O) groups excluding carboxylic acids is 2. The van der Waals surface area contributed by atoms with Gasteiger partial charge in [0, 0.05) is 72.5 Å². The molecule has 218 valence electrons. The first-order chi connectivity index (χ1) is 20.1. The van der Waals surface area contributed by atoms with Crippen LogP contribution in [0.5, 0.6) is 5.88 Å². The van der Waals surface area contributed by atoms with E-state index >= 15 is 0 Å². The Morgan fingerprint density at radius 2 is 1.52 bits per heavy atom. The molecule has 1 aliphatic rings. The molecule has 1 fully saturated rings. The van der Waals surface area contributed by atoms with Gasteiger partial charge in [-0.05, 0) is 51.1 Å². The van der Waals surface area contributed by atoms with E-state index in [-0.39, 0.29) is 18.5 Å². The number of methoxy groups -OCH3 is 1. The number of amides is 2. The monoisotopic (exact) mass is 588 g/mol. The summed E-state index contributed by atoms with van der Waals surface area (Å²) >= 11 is 6.20. The molecule has 0 aliphatic carbocycles. The number of imidazole rings is 1. The molecule has 0 spiro atoms. The maximum absolute atomic E-state index is 13.8. The normalized spacial score (nSPS) is 13.6. The molecule has 0 bridgehead atoms. The quantitative estimate of drug-likeness (QED) is 0.296. The number of pyridine rings is 2. The van der Waals surface area contributed by atoms with E-state index in [1.807, 2.05) is 67.8 Å². The molecule has 11 heteroatoms. The maximum Gasteiger partial charge on any atom is 0.410 e. The molecule has 5 rings (SSSR count). The summed E-state index contributed by atoms with van der Waals surface area (Å²) < 4.78 is 12.7. The number of hydrogen-bond acceptors (Lipinski definition) is 7. The van der Waals surface area contributed by atoms with Crippen LogP contribution in [0.4, 0.5) is 4.79 Å². The van der Waals surface area contributed by atoms with Crippen molar-refractivity contribution in [3.63, 3.8) is 0 Å². The molecule has 0 atom stereocenters. The number of benzene rings is 1. The van der Waals surface area contributed by atoms with E-state index in [1.165, 1.54) is 0 Å². The average Bonchev–Trinajstić information content (AvgIpc) is 3.36. The Bertz CT molecular complexity index is 1540. The van der Waals surface area contributed by atoms with Crippen LogP contribution in [0.2, 0.25) is 5.02 Å². The number of hydrogen-bond donors (Lipinski definition) is 0. The van der Waals surface area contributed by atoms with Crippen LogP contribution < -0.4 is 4.74 Å². The van der Waals surface area contributed by atoms with Crippen molar-refractivity contribution in [3.8, 4) is 39.8 Å². The number of rotatable bonds is 6. The van der Waals surface area contributed by atoms with Crippen LogP contribution in [0, 0.1) is 0 Å². The predicted molar refractivity (Wildman–Crippen MR) is 160 cm³/mol. The maximum atomic E-state index is 13.8. The minimum Gasteiger partial charge on any atom is -0.481 e. The zero-order valence-corrected chi connectivity index (χ0v) is 24.8. The van der Waals surface area contributed by atoms with Gasteiger partial charge in [-0.2, -0.15) is 0 Å². The third-order valence-corrected chi connectivity index (χ3v) is 7.07. The smallest absolute Gasteiger partial charge is 0.410 e. The first kappa shape index (κ1) is 29.1. The van der Waals surface area contributed by atoms with Crippen LogP contribution in [-0.4, -0.2) is 80.2 Å². The lowest BCUT2D eigenvalue weighted by atomic mass is 10.1. The molecule has 0 radical (unpaired) electrons. The van der Waals surface area contributed by atoms with Crippen molar-refractivity contribution in [1.82, 2.24) is 29.3 Å². The summed E-state index contributed by atoms with van der Waals surface area (Å²) in [5.41, 5.74) is 3.33. The van der Waals surface area contributed by atoms with Gasteiger partial charge in [-0.3, -0.25) is 9.78 Å². The largest absolute Gasteiger partial charge is 0.481 e. The standard InChI is InChI=1S/C31H33ClN6O4/c1-31(2,3)42-30(40)37-17-15-36(16-18-37)26(39)20-38-28(22-11-13-33-14-12-22)27(21-5-8-24(32)9-6-21)35-29(38)23-7-10-25(41-4)34-19-23/h5-14,19H,15-18,20H2,1-4H3. The van der Waals surface area contributed by atoms with Gasteiger partial charge in [-0.1, -0.05) is 23.7 Å². The SMILES string of the molecule is COc1ccc(-c2nc(-c3ccc(Cl)cc3)c(-c3ccncc3)n2CC(=O)N2CCN(C(=O)OC(C)(C)C)CC2)cn1. The molecule has 0 unspecified atom stereocenters. The van der Waals surface area contributed by atoms with Crippen molar-refractivity contribution < 1.29 is 19.1 Å². The second-order valence-corrected chi connectivity index (χ2v) is 11.3. The van der Waals surface area contributed by atoms with E-state index in [9.17, 15) is 9.59 Å². The summed E-state index contributed by atoms with van der Waals surface area (Å²) in [7, 11) is 1.56. The summed E-state index contributed by atoms with van der Waals surface area (Å²) in [6, 6.07) is 14.9. The summed E-state index contributed by atoms with van der Waals surface area (Å²) in [6.07, 6.45) is 4.74. The number of nitrogens with zero attached hydrogens (tertiary/aromatic N) is 6. The highest BCUT2D eigenvalue weighted by Gasteiger charge is 2.29. The summed E-state index contributed by atoms with van der Waals surface area (Å²) in [5.74, 6) is 0.975. The Balaban J connectivity index is 1.52. The fourth-order valence-electron chi connectivity index (χ4n) is 4.77.